The zero-order valence-electron chi connectivity index (χ0n) is 12.5. The molecule has 3 nitrogen and oxygen atoms in total. The molecule has 0 aromatic carbocycles. The van der Waals surface area contributed by atoms with Crippen LogP contribution in [0.15, 0.2) is 0 Å². The molecular formula is C15H18Cl4O3. The number of hydrogen-bond acceptors (Lipinski definition) is 3. The van der Waals surface area contributed by atoms with E-state index in [0.717, 1.165) is 6.42 Å². The molecule has 3 rings (SSSR count). The lowest BCUT2D eigenvalue weighted by Crippen LogP contribution is -2.76. The average molecular weight is 388 g/mol. The highest BCUT2D eigenvalue weighted by Gasteiger charge is 2.76. The lowest BCUT2D eigenvalue weighted by molar-refractivity contribution is -0.152. The Kier molecular flexibility index (Phi) is 3.82. The third kappa shape index (κ3) is 1.72. The third-order valence-electron chi connectivity index (χ3n) is 6.13. The SMILES string of the molecule is C[C@@H]1C(=O)O[C@H]2[C@H]1CC[C@@]1(C)[C@@H](Cl)[C@H](Cl)C(=O)[C@@](C)(Cl)[C@@]21Cl. The van der Waals surface area contributed by atoms with Gasteiger partial charge in [-0.1, -0.05) is 13.8 Å². The molecule has 2 aliphatic carbocycles. The van der Waals surface area contributed by atoms with Gasteiger partial charge in [0.05, 0.1) is 11.3 Å². The molecule has 0 aromatic heterocycles. The minimum Gasteiger partial charge on any atom is -0.460 e. The molecular weight excluding hydrogens is 370 g/mol. The fourth-order valence-electron chi connectivity index (χ4n) is 4.54. The van der Waals surface area contributed by atoms with Gasteiger partial charge in [-0.15, -0.1) is 46.4 Å². The molecule has 7 heteroatoms. The van der Waals surface area contributed by atoms with Gasteiger partial charge in [-0.25, -0.2) is 0 Å². The van der Waals surface area contributed by atoms with Gasteiger partial charge in [-0.3, -0.25) is 9.59 Å². The summed E-state index contributed by atoms with van der Waals surface area (Å²) in [4.78, 5) is 21.9. The van der Waals surface area contributed by atoms with Crippen molar-refractivity contribution >= 4 is 58.2 Å². The second-order valence-corrected chi connectivity index (χ2v) is 9.44. The fourth-order valence-corrected chi connectivity index (χ4v) is 6.50. The minimum absolute atomic E-state index is 0.0558. The van der Waals surface area contributed by atoms with E-state index in [1.807, 2.05) is 13.8 Å². The van der Waals surface area contributed by atoms with Crippen molar-refractivity contribution in [3.63, 3.8) is 0 Å². The van der Waals surface area contributed by atoms with Gasteiger partial charge in [0.25, 0.3) is 0 Å². The number of alkyl halides is 4. The first-order valence-electron chi connectivity index (χ1n) is 7.41. The van der Waals surface area contributed by atoms with Crippen molar-refractivity contribution < 1.29 is 14.3 Å². The van der Waals surface area contributed by atoms with Crippen molar-refractivity contribution in [2.75, 3.05) is 0 Å². The van der Waals surface area contributed by atoms with E-state index in [9.17, 15) is 9.59 Å². The number of hydrogen-bond donors (Lipinski definition) is 0. The normalized spacial score (nSPS) is 58.0. The highest BCUT2D eigenvalue weighted by Crippen LogP contribution is 2.66. The summed E-state index contributed by atoms with van der Waals surface area (Å²) in [6, 6.07) is 0. The van der Waals surface area contributed by atoms with Gasteiger partial charge in [0.2, 0.25) is 0 Å². The van der Waals surface area contributed by atoms with Crippen LogP contribution >= 0.6 is 46.4 Å². The van der Waals surface area contributed by atoms with Crippen molar-refractivity contribution in [1.29, 1.82) is 0 Å². The molecule has 22 heavy (non-hydrogen) atoms. The molecule has 0 N–H and O–H groups in total. The molecule has 1 aliphatic heterocycles. The predicted molar refractivity (Wildman–Crippen MR) is 87.0 cm³/mol. The quantitative estimate of drug-likeness (QED) is 0.469. The summed E-state index contributed by atoms with van der Waals surface area (Å²) in [5.74, 6) is -1.01. The van der Waals surface area contributed by atoms with Gasteiger partial charge in [0.15, 0.2) is 5.78 Å². The second kappa shape index (κ2) is 4.91. The number of carbonyl (C=O) groups is 2. The van der Waals surface area contributed by atoms with Gasteiger partial charge in [-0.2, -0.15) is 0 Å². The number of fused-ring (bicyclic) bond motifs is 3. The molecule has 1 saturated heterocycles. The molecule has 124 valence electrons. The van der Waals surface area contributed by atoms with Crippen LogP contribution in [0, 0.1) is 17.3 Å². The Labute approximate surface area is 149 Å². The molecule has 8 atom stereocenters. The van der Waals surface area contributed by atoms with Crippen molar-refractivity contribution in [1.82, 2.24) is 0 Å². The predicted octanol–water partition coefficient (Wildman–Crippen LogP) is 3.74. The van der Waals surface area contributed by atoms with Crippen molar-refractivity contribution in [3.05, 3.63) is 0 Å². The highest BCUT2D eigenvalue weighted by atomic mass is 35.5. The largest absolute Gasteiger partial charge is 0.460 e. The van der Waals surface area contributed by atoms with E-state index >= 15 is 0 Å². The van der Waals surface area contributed by atoms with Crippen LogP contribution in [0.25, 0.3) is 0 Å². The van der Waals surface area contributed by atoms with Gasteiger partial charge in [0.1, 0.15) is 21.2 Å². The molecule has 3 aliphatic rings. The maximum absolute atomic E-state index is 12.6. The van der Waals surface area contributed by atoms with Crippen LogP contribution in [0.3, 0.4) is 0 Å². The maximum atomic E-state index is 12.6. The maximum Gasteiger partial charge on any atom is 0.309 e. The van der Waals surface area contributed by atoms with Crippen LogP contribution in [-0.4, -0.2) is 38.4 Å². The van der Waals surface area contributed by atoms with Gasteiger partial charge < -0.3 is 4.74 Å². The Morgan fingerprint density at radius 3 is 2.36 bits per heavy atom. The van der Waals surface area contributed by atoms with E-state index in [1.54, 1.807) is 6.92 Å². The van der Waals surface area contributed by atoms with Crippen LogP contribution in [0.5, 0.6) is 0 Å². The summed E-state index contributed by atoms with van der Waals surface area (Å²) in [7, 11) is 0. The lowest BCUT2D eigenvalue weighted by atomic mass is 9.51. The summed E-state index contributed by atoms with van der Waals surface area (Å²) in [5.41, 5.74) is -0.710. The van der Waals surface area contributed by atoms with Crippen LogP contribution in [-0.2, 0) is 14.3 Å². The first-order chi connectivity index (χ1) is 10.00. The number of rotatable bonds is 0. The van der Waals surface area contributed by atoms with Crippen LogP contribution < -0.4 is 0 Å². The summed E-state index contributed by atoms with van der Waals surface area (Å²) >= 11 is 26.4. The average Bonchev–Trinajstić information content (AvgIpc) is 2.75. The Morgan fingerprint density at radius 1 is 1.18 bits per heavy atom. The molecule has 0 aromatic rings. The number of halogens is 4. The van der Waals surface area contributed by atoms with Crippen molar-refractivity contribution in [2.45, 2.75) is 60.2 Å². The minimum atomic E-state index is -1.45. The van der Waals surface area contributed by atoms with E-state index in [1.165, 1.54) is 0 Å². The van der Waals surface area contributed by atoms with E-state index < -0.39 is 37.8 Å². The number of ketones is 1. The molecule has 0 radical (unpaired) electrons. The molecule has 3 fully saturated rings. The Hall–Kier alpha value is 0.300. The number of esters is 1. The molecule has 2 saturated carbocycles. The van der Waals surface area contributed by atoms with Crippen LogP contribution in [0.2, 0.25) is 0 Å². The first kappa shape index (κ1) is 17.1. The molecule has 0 bridgehead atoms. The van der Waals surface area contributed by atoms with E-state index in [2.05, 4.69) is 0 Å². The summed E-state index contributed by atoms with van der Waals surface area (Å²) < 4.78 is 5.57. The van der Waals surface area contributed by atoms with Crippen molar-refractivity contribution in [2.24, 2.45) is 17.3 Å². The second-order valence-electron chi connectivity index (χ2n) is 7.15. The lowest BCUT2D eigenvalue weighted by Gasteiger charge is -2.62. The topological polar surface area (TPSA) is 43.4 Å². The van der Waals surface area contributed by atoms with Crippen LogP contribution in [0.4, 0.5) is 0 Å². The smallest absolute Gasteiger partial charge is 0.309 e. The zero-order valence-corrected chi connectivity index (χ0v) is 15.6. The molecule has 0 unspecified atom stereocenters. The monoisotopic (exact) mass is 386 g/mol. The molecule has 1 heterocycles. The Bertz CT molecular complexity index is 551. The van der Waals surface area contributed by atoms with Gasteiger partial charge in [0, 0.05) is 11.3 Å². The standard InChI is InChI=1S/C15H18Cl4O3/c1-6-7-4-5-13(2)9(17)8(16)10(20)14(3,18)15(13,19)11(7)22-12(6)21/h6-9,11H,4-5H2,1-3H3/t6-,7-,8-,9-,11-,13-,14+,15+/m0/s1. The molecule has 0 spiro atoms. The van der Waals surface area contributed by atoms with Gasteiger partial charge in [-0.05, 0) is 19.8 Å². The summed E-state index contributed by atoms with van der Waals surface area (Å²) in [6.45, 7) is 5.29. The van der Waals surface area contributed by atoms with Gasteiger partial charge >= 0.3 is 5.97 Å². The number of ether oxygens (including phenoxy) is 1. The van der Waals surface area contributed by atoms with E-state index in [-0.39, 0.29) is 17.8 Å². The summed E-state index contributed by atoms with van der Waals surface area (Å²) in [6.07, 6.45) is 0.759. The highest BCUT2D eigenvalue weighted by molar-refractivity contribution is 6.51. The zero-order chi connectivity index (χ0) is 16.7. The number of Topliss-reactive ketones (excluding diaryl/α,β-unsaturated/α-hetero) is 1. The third-order valence-corrected chi connectivity index (χ3v) is 9.05. The first-order valence-corrected chi connectivity index (χ1v) is 9.04. The summed E-state index contributed by atoms with van der Waals surface area (Å²) in [5, 5.41) is -1.58. The Morgan fingerprint density at radius 2 is 1.77 bits per heavy atom. The van der Waals surface area contributed by atoms with E-state index in [0.29, 0.717) is 6.42 Å². The van der Waals surface area contributed by atoms with Crippen LogP contribution in [0.1, 0.15) is 33.6 Å². The Balaban J connectivity index is 2.18. The van der Waals surface area contributed by atoms with Crippen molar-refractivity contribution in [3.8, 4) is 0 Å². The van der Waals surface area contributed by atoms with E-state index in [4.69, 9.17) is 51.1 Å². The fraction of sp³-hybridized carbons (Fsp3) is 0.867. The number of carbonyl (C=O) groups excluding carboxylic acids is 2. The molecule has 0 amide bonds.